The van der Waals surface area contributed by atoms with Crippen molar-refractivity contribution >= 4 is 97.1 Å². The van der Waals surface area contributed by atoms with Gasteiger partial charge < -0.3 is 13.6 Å². The first-order valence-electron chi connectivity index (χ1n) is 25.9. The van der Waals surface area contributed by atoms with E-state index >= 15 is 0 Å². The fourth-order valence-corrected chi connectivity index (χ4v) is 12.9. The molecule has 0 saturated heterocycles. The minimum absolute atomic E-state index is 0.929. The molecule has 76 heavy (non-hydrogen) atoms. The van der Waals surface area contributed by atoms with Gasteiger partial charge in [0.05, 0.1) is 22.1 Å². The fraction of sp³-hybridized carbons (Fsp3) is 0. The van der Waals surface area contributed by atoms with Gasteiger partial charge in [0.25, 0.3) is 0 Å². The zero-order chi connectivity index (χ0) is 50.1. The van der Waals surface area contributed by atoms with Crippen LogP contribution >= 0.6 is 11.3 Å². The molecule has 0 spiro atoms. The molecule has 0 saturated carbocycles. The monoisotopic (exact) mass is 986 g/mol. The molecule has 0 amide bonds. The zero-order valence-electron chi connectivity index (χ0n) is 41.3. The molecule has 3 nitrogen and oxygen atoms in total. The van der Waals surface area contributed by atoms with Gasteiger partial charge in [-0.15, -0.1) is 11.3 Å². The number of hydrogen-bond acceptors (Lipinski definition) is 2. The Morgan fingerprint density at radius 2 is 0.711 bits per heavy atom. The van der Waals surface area contributed by atoms with Crippen LogP contribution in [0.2, 0.25) is 0 Å². The number of aromatic nitrogens is 2. The van der Waals surface area contributed by atoms with Crippen LogP contribution in [-0.4, -0.2) is 9.13 Å². The summed E-state index contributed by atoms with van der Waals surface area (Å²) in [6.45, 7) is 0. The second kappa shape index (κ2) is 18.0. The van der Waals surface area contributed by atoms with Gasteiger partial charge in [-0.1, -0.05) is 194 Å². The number of furan rings is 1. The molecule has 16 aromatic rings. The normalized spacial score (nSPS) is 11.7. The predicted molar refractivity (Wildman–Crippen MR) is 323 cm³/mol. The Morgan fingerprint density at radius 1 is 0.250 bits per heavy atom. The van der Waals surface area contributed by atoms with Crippen LogP contribution in [-0.2, 0) is 0 Å². The first kappa shape index (κ1) is 43.8. The molecule has 4 heterocycles. The quantitative estimate of drug-likeness (QED) is 0.163. The highest BCUT2D eigenvalue weighted by atomic mass is 32.1. The molecular formula is C72H46N2OS. The largest absolute Gasteiger partial charge is 0.456 e. The molecule has 0 aliphatic rings. The molecule has 0 atom stereocenters. The molecule has 16 rings (SSSR count). The van der Waals surface area contributed by atoms with Crippen LogP contribution in [0.5, 0.6) is 0 Å². The summed E-state index contributed by atoms with van der Waals surface area (Å²) in [6.07, 6.45) is 0. The van der Waals surface area contributed by atoms with Crippen LogP contribution in [0, 0.1) is 0 Å². The van der Waals surface area contributed by atoms with Crippen molar-refractivity contribution in [3.05, 3.63) is 279 Å². The van der Waals surface area contributed by atoms with E-state index in [0.717, 1.165) is 27.6 Å². The summed E-state index contributed by atoms with van der Waals surface area (Å²) in [4.78, 5) is 0. The van der Waals surface area contributed by atoms with Gasteiger partial charge in [0, 0.05) is 63.9 Å². The molecule has 0 radical (unpaired) electrons. The third kappa shape index (κ3) is 7.33. The molecule has 0 bridgehead atoms. The lowest BCUT2D eigenvalue weighted by atomic mass is 9.93. The third-order valence-electron chi connectivity index (χ3n) is 15.2. The van der Waals surface area contributed by atoms with Crippen LogP contribution in [0.1, 0.15) is 0 Å². The number of thiophene rings is 1. The van der Waals surface area contributed by atoms with E-state index < -0.39 is 0 Å². The summed E-state index contributed by atoms with van der Waals surface area (Å²) >= 11 is 1.90. The topological polar surface area (TPSA) is 23.0 Å². The lowest BCUT2D eigenvalue weighted by Gasteiger charge is -2.13. The molecule has 0 aliphatic heterocycles. The highest BCUT2D eigenvalue weighted by molar-refractivity contribution is 7.26. The molecule has 4 heteroatoms. The molecule has 4 aromatic heterocycles. The summed E-state index contributed by atoms with van der Waals surface area (Å²) < 4.78 is 13.7. The smallest absolute Gasteiger partial charge is 0.136 e. The number of fused-ring (bicyclic) bond motifs is 13. The highest BCUT2D eigenvalue weighted by Gasteiger charge is 2.19. The van der Waals surface area contributed by atoms with Gasteiger partial charge in [0.15, 0.2) is 0 Å². The lowest BCUT2D eigenvalue weighted by molar-refractivity contribution is 0.669. The van der Waals surface area contributed by atoms with Crippen LogP contribution in [0.25, 0.3) is 142 Å². The Kier molecular flexibility index (Phi) is 10.4. The van der Waals surface area contributed by atoms with Crippen molar-refractivity contribution in [2.75, 3.05) is 0 Å². The Bertz CT molecular complexity index is 4770. The Hall–Kier alpha value is -9.74. The van der Waals surface area contributed by atoms with Crippen molar-refractivity contribution in [1.29, 1.82) is 0 Å². The third-order valence-corrected chi connectivity index (χ3v) is 16.4. The molecule has 0 fully saturated rings. The standard InChI is InChI=1S/C42H27NS.C30H19NO/c1-3-11-28(12-4-1)31-25-32(29-13-5-2-6-14-29)27-33(26-31)30-19-21-34(22-20-30)43-38-17-9-7-16-37(38)41-39(43)24-23-36-35-15-8-10-18-40(35)44-42(36)41;1-2-8-20(9-3-1)21-14-16-22(17-15-21)31-27-12-6-4-10-23(27)25-19-30-26(18-28(25)31)24-11-5-7-13-29(24)32-30/h1-27H;1-19H. The van der Waals surface area contributed by atoms with E-state index in [1.807, 2.05) is 23.5 Å². The lowest BCUT2D eigenvalue weighted by Crippen LogP contribution is -1.93. The van der Waals surface area contributed by atoms with E-state index in [1.54, 1.807) is 0 Å². The maximum atomic E-state index is 6.18. The summed E-state index contributed by atoms with van der Waals surface area (Å²) in [7, 11) is 0. The van der Waals surface area contributed by atoms with E-state index in [4.69, 9.17) is 4.42 Å². The number of hydrogen-bond donors (Lipinski definition) is 0. The van der Waals surface area contributed by atoms with Gasteiger partial charge in [-0.05, 0) is 129 Å². The van der Waals surface area contributed by atoms with Crippen LogP contribution < -0.4 is 0 Å². The average Bonchev–Trinajstić information content (AvgIpc) is 4.31. The minimum atomic E-state index is 0.929. The summed E-state index contributed by atoms with van der Waals surface area (Å²) in [5.41, 5.74) is 18.8. The number of rotatable bonds is 6. The van der Waals surface area contributed by atoms with Gasteiger partial charge in [-0.25, -0.2) is 0 Å². The molecular weight excluding hydrogens is 941 g/mol. The molecule has 356 valence electrons. The Labute approximate surface area is 443 Å². The highest BCUT2D eigenvalue weighted by Crippen LogP contribution is 2.44. The SMILES string of the molecule is c1ccc(-c2cc(-c3ccccc3)cc(-c3ccc(-n4c5ccccc5c5c6sc7ccccc7c6ccc54)cc3)c2)cc1.c1ccc(-c2ccc(-n3c4ccccc4c4cc5oc6ccccc6c5cc43)cc2)cc1. The zero-order valence-corrected chi connectivity index (χ0v) is 42.1. The van der Waals surface area contributed by atoms with Crippen molar-refractivity contribution in [2.45, 2.75) is 0 Å². The Morgan fingerprint density at radius 3 is 1.33 bits per heavy atom. The van der Waals surface area contributed by atoms with E-state index in [-0.39, 0.29) is 0 Å². The maximum absolute atomic E-state index is 6.18. The second-order valence-corrected chi connectivity index (χ2v) is 20.6. The van der Waals surface area contributed by atoms with Gasteiger partial charge in [0.2, 0.25) is 0 Å². The van der Waals surface area contributed by atoms with Crippen LogP contribution in [0.15, 0.2) is 283 Å². The van der Waals surface area contributed by atoms with E-state index in [1.165, 1.54) is 114 Å². The molecule has 0 unspecified atom stereocenters. The van der Waals surface area contributed by atoms with Crippen molar-refractivity contribution in [1.82, 2.24) is 9.13 Å². The van der Waals surface area contributed by atoms with E-state index in [0.29, 0.717) is 0 Å². The van der Waals surface area contributed by atoms with Crippen molar-refractivity contribution < 1.29 is 4.42 Å². The van der Waals surface area contributed by atoms with Gasteiger partial charge in [-0.3, -0.25) is 0 Å². The number of benzene rings is 12. The van der Waals surface area contributed by atoms with Crippen LogP contribution in [0.3, 0.4) is 0 Å². The van der Waals surface area contributed by atoms with E-state index in [2.05, 4.69) is 276 Å². The van der Waals surface area contributed by atoms with Crippen molar-refractivity contribution in [3.8, 4) is 55.9 Å². The minimum Gasteiger partial charge on any atom is -0.456 e. The van der Waals surface area contributed by atoms with Gasteiger partial charge in [-0.2, -0.15) is 0 Å². The number of para-hydroxylation sites is 3. The van der Waals surface area contributed by atoms with Crippen molar-refractivity contribution in [3.63, 3.8) is 0 Å². The first-order chi connectivity index (χ1) is 37.7. The molecule has 12 aromatic carbocycles. The second-order valence-electron chi connectivity index (χ2n) is 19.6. The van der Waals surface area contributed by atoms with Crippen LogP contribution in [0.4, 0.5) is 0 Å². The molecule has 0 aliphatic carbocycles. The number of nitrogens with zero attached hydrogens (tertiary/aromatic N) is 2. The van der Waals surface area contributed by atoms with Gasteiger partial charge in [0.1, 0.15) is 11.2 Å². The first-order valence-corrected chi connectivity index (χ1v) is 26.7. The summed E-state index contributed by atoms with van der Waals surface area (Å²) in [5, 5.41) is 10.1. The summed E-state index contributed by atoms with van der Waals surface area (Å²) in [6, 6.07) is 100. The van der Waals surface area contributed by atoms with Gasteiger partial charge >= 0.3 is 0 Å². The average molecular weight is 987 g/mol. The van der Waals surface area contributed by atoms with Crippen molar-refractivity contribution in [2.24, 2.45) is 0 Å². The summed E-state index contributed by atoms with van der Waals surface area (Å²) in [5.74, 6) is 0. The fourth-order valence-electron chi connectivity index (χ4n) is 11.6. The molecule has 0 N–H and O–H groups in total. The Balaban J connectivity index is 0.000000140. The predicted octanol–water partition coefficient (Wildman–Crippen LogP) is 20.5. The maximum Gasteiger partial charge on any atom is 0.136 e. The van der Waals surface area contributed by atoms with E-state index in [9.17, 15) is 0 Å².